The molecule has 0 unspecified atom stereocenters. The van der Waals surface area contributed by atoms with Gasteiger partial charge in [0.05, 0.1) is 11.7 Å². The van der Waals surface area contributed by atoms with Gasteiger partial charge in [0.1, 0.15) is 5.82 Å². The molecule has 0 aliphatic carbocycles. The maximum absolute atomic E-state index is 11.7. The third-order valence-electron chi connectivity index (χ3n) is 2.46. The topological polar surface area (TPSA) is 42.4 Å². The normalized spacial score (nSPS) is 10.5. The summed E-state index contributed by atoms with van der Waals surface area (Å²) in [6, 6.07) is 1.82. The fourth-order valence-electron chi connectivity index (χ4n) is 1.51. The summed E-state index contributed by atoms with van der Waals surface area (Å²) >= 11 is 0. The maximum Gasteiger partial charge on any atom is 0.339 e. The molecule has 0 saturated carbocycles. The molecule has 0 aromatic carbocycles. The molecule has 4 nitrogen and oxygen atoms in total. The van der Waals surface area contributed by atoms with Crippen molar-refractivity contribution < 1.29 is 9.53 Å². The van der Waals surface area contributed by atoms with E-state index in [1.807, 2.05) is 38.8 Å². The monoisotopic (exact) mass is 236 g/mol. The lowest BCUT2D eigenvalue weighted by atomic mass is 10.2. The van der Waals surface area contributed by atoms with E-state index < -0.39 is 0 Å². The SMILES string of the molecule is CCN(C)c1ncc(C(=O)OC(C)C)cc1C. The van der Waals surface area contributed by atoms with Crippen LogP contribution >= 0.6 is 0 Å². The van der Waals surface area contributed by atoms with Crippen molar-refractivity contribution in [3.63, 3.8) is 0 Å². The molecule has 4 heteroatoms. The van der Waals surface area contributed by atoms with Crippen LogP contribution in [0.15, 0.2) is 12.3 Å². The number of nitrogens with zero attached hydrogens (tertiary/aromatic N) is 2. The minimum Gasteiger partial charge on any atom is -0.459 e. The molecule has 0 N–H and O–H groups in total. The van der Waals surface area contributed by atoms with E-state index in [1.165, 1.54) is 0 Å². The number of carbonyl (C=O) groups excluding carboxylic acids is 1. The predicted molar refractivity (Wildman–Crippen MR) is 68.5 cm³/mol. The number of rotatable bonds is 4. The summed E-state index contributed by atoms with van der Waals surface area (Å²) in [7, 11) is 1.97. The molecule has 1 rings (SSSR count). The third-order valence-corrected chi connectivity index (χ3v) is 2.46. The van der Waals surface area contributed by atoms with Gasteiger partial charge in [0, 0.05) is 19.8 Å². The predicted octanol–water partition coefficient (Wildman–Crippen LogP) is 2.41. The molecule has 1 heterocycles. The summed E-state index contributed by atoms with van der Waals surface area (Å²) in [6.07, 6.45) is 1.46. The van der Waals surface area contributed by atoms with Crippen molar-refractivity contribution in [2.45, 2.75) is 33.8 Å². The van der Waals surface area contributed by atoms with Gasteiger partial charge in [0.15, 0.2) is 0 Å². The van der Waals surface area contributed by atoms with E-state index in [0.29, 0.717) is 5.56 Å². The lowest BCUT2D eigenvalue weighted by molar-refractivity contribution is 0.0377. The van der Waals surface area contributed by atoms with Gasteiger partial charge in [-0.15, -0.1) is 0 Å². The van der Waals surface area contributed by atoms with Gasteiger partial charge in [0.25, 0.3) is 0 Å². The van der Waals surface area contributed by atoms with Crippen molar-refractivity contribution in [1.82, 2.24) is 4.98 Å². The van der Waals surface area contributed by atoms with Gasteiger partial charge in [-0.1, -0.05) is 0 Å². The van der Waals surface area contributed by atoms with Crippen LogP contribution in [-0.2, 0) is 4.74 Å². The van der Waals surface area contributed by atoms with Gasteiger partial charge < -0.3 is 9.64 Å². The zero-order valence-electron chi connectivity index (χ0n) is 11.2. The number of aromatic nitrogens is 1. The molecule has 94 valence electrons. The number of hydrogen-bond donors (Lipinski definition) is 0. The number of anilines is 1. The Labute approximate surface area is 103 Å². The van der Waals surface area contributed by atoms with E-state index in [-0.39, 0.29) is 12.1 Å². The Morgan fingerprint density at radius 2 is 2.18 bits per heavy atom. The van der Waals surface area contributed by atoms with E-state index in [2.05, 4.69) is 11.9 Å². The van der Waals surface area contributed by atoms with Gasteiger partial charge in [-0.2, -0.15) is 0 Å². The molecule has 0 aliphatic rings. The number of ether oxygens (including phenoxy) is 1. The molecule has 17 heavy (non-hydrogen) atoms. The van der Waals surface area contributed by atoms with Crippen LogP contribution in [0.25, 0.3) is 0 Å². The second kappa shape index (κ2) is 5.66. The highest BCUT2D eigenvalue weighted by atomic mass is 16.5. The van der Waals surface area contributed by atoms with Crippen LogP contribution in [0.2, 0.25) is 0 Å². The summed E-state index contributed by atoms with van der Waals surface area (Å²) in [5.74, 6) is 0.579. The molecular weight excluding hydrogens is 216 g/mol. The standard InChI is InChI=1S/C13H20N2O2/c1-6-15(5)12-10(4)7-11(8-14-12)13(16)17-9(2)3/h7-9H,6H2,1-5H3. The van der Waals surface area contributed by atoms with Crippen molar-refractivity contribution in [2.75, 3.05) is 18.5 Å². The highest BCUT2D eigenvalue weighted by Gasteiger charge is 2.12. The second-order valence-electron chi connectivity index (χ2n) is 4.33. The summed E-state index contributed by atoms with van der Waals surface area (Å²) in [4.78, 5) is 18.0. The Bertz CT molecular complexity index is 402. The largest absolute Gasteiger partial charge is 0.459 e. The van der Waals surface area contributed by atoms with Gasteiger partial charge in [0.2, 0.25) is 0 Å². The Balaban J connectivity index is 2.92. The van der Waals surface area contributed by atoms with Gasteiger partial charge >= 0.3 is 5.97 Å². The molecule has 0 aliphatic heterocycles. The highest BCUT2D eigenvalue weighted by Crippen LogP contribution is 2.17. The lowest BCUT2D eigenvalue weighted by Crippen LogP contribution is -2.19. The van der Waals surface area contributed by atoms with Crippen LogP contribution in [0, 0.1) is 6.92 Å². The zero-order chi connectivity index (χ0) is 13.0. The van der Waals surface area contributed by atoms with E-state index in [1.54, 1.807) is 6.20 Å². The molecular formula is C13H20N2O2. The summed E-state index contributed by atoms with van der Waals surface area (Å²) in [5.41, 5.74) is 1.48. The van der Waals surface area contributed by atoms with Gasteiger partial charge in [-0.3, -0.25) is 0 Å². The van der Waals surface area contributed by atoms with Crippen LogP contribution in [0.5, 0.6) is 0 Å². The van der Waals surface area contributed by atoms with E-state index in [9.17, 15) is 4.79 Å². The van der Waals surface area contributed by atoms with Crippen LogP contribution in [0.3, 0.4) is 0 Å². The van der Waals surface area contributed by atoms with E-state index in [0.717, 1.165) is 17.9 Å². The molecule has 0 bridgehead atoms. The van der Waals surface area contributed by atoms with Crippen LogP contribution in [-0.4, -0.2) is 30.6 Å². The van der Waals surface area contributed by atoms with Crippen molar-refractivity contribution in [2.24, 2.45) is 0 Å². The smallest absolute Gasteiger partial charge is 0.339 e. The first-order chi connectivity index (χ1) is 7.95. The highest BCUT2D eigenvalue weighted by molar-refractivity contribution is 5.89. The summed E-state index contributed by atoms with van der Waals surface area (Å²) in [5, 5.41) is 0. The maximum atomic E-state index is 11.7. The lowest BCUT2D eigenvalue weighted by Gasteiger charge is -2.18. The van der Waals surface area contributed by atoms with Crippen LogP contribution in [0.1, 0.15) is 36.7 Å². The molecule has 1 aromatic rings. The van der Waals surface area contributed by atoms with Crippen molar-refractivity contribution >= 4 is 11.8 Å². The first kappa shape index (κ1) is 13.5. The number of carbonyl (C=O) groups is 1. The van der Waals surface area contributed by atoms with Crippen molar-refractivity contribution in [3.05, 3.63) is 23.4 Å². The second-order valence-corrected chi connectivity index (χ2v) is 4.33. The summed E-state index contributed by atoms with van der Waals surface area (Å²) < 4.78 is 5.13. The average Bonchev–Trinajstić information content (AvgIpc) is 2.27. The van der Waals surface area contributed by atoms with E-state index >= 15 is 0 Å². The molecule has 0 saturated heterocycles. The Hall–Kier alpha value is -1.58. The van der Waals surface area contributed by atoms with Crippen LogP contribution < -0.4 is 4.90 Å². The Morgan fingerprint density at radius 3 is 2.65 bits per heavy atom. The Morgan fingerprint density at radius 1 is 1.53 bits per heavy atom. The van der Waals surface area contributed by atoms with Crippen molar-refractivity contribution in [3.8, 4) is 0 Å². The molecule has 0 fully saturated rings. The average molecular weight is 236 g/mol. The fraction of sp³-hybridized carbons (Fsp3) is 0.538. The first-order valence-electron chi connectivity index (χ1n) is 5.84. The molecule has 0 amide bonds. The van der Waals surface area contributed by atoms with Crippen molar-refractivity contribution in [1.29, 1.82) is 0 Å². The summed E-state index contributed by atoms with van der Waals surface area (Å²) in [6.45, 7) is 8.54. The van der Waals surface area contributed by atoms with Gasteiger partial charge in [-0.05, 0) is 39.3 Å². The number of hydrogen-bond acceptors (Lipinski definition) is 4. The minimum atomic E-state index is -0.318. The van der Waals surface area contributed by atoms with Gasteiger partial charge in [-0.25, -0.2) is 9.78 Å². The minimum absolute atomic E-state index is 0.110. The molecule has 0 spiro atoms. The Kier molecular flexibility index (Phi) is 4.49. The van der Waals surface area contributed by atoms with E-state index in [4.69, 9.17) is 4.74 Å². The number of pyridine rings is 1. The molecule has 1 aromatic heterocycles. The number of esters is 1. The number of aryl methyl sites for hydroxylation is 1. The molecule has 0 atom stereocenters. The zero-order valence-corrected chi connectivity index (χ0v) is 11.2. The third kappa shape index (κ3) is 3.44. The van der Waals surface area contributed by atoms with Crippen LogP contribution in [0.4, 0.5) is 5.82 Å². The molecule has 0 radical (unpaired) electrons. The fourth-order valence-corrected chi connectivity index (χ4v) is 1.51. The first-order valence-corrected chi connectivity index (χ1v) is 5.84. The quantitative estimate of drug-likeness (QED) is 0.753.